The van der Waals surface area contributed by atoms with Crippen LogP contribution >= 0.6 is 23.6 Å². The number of amides is 1. The van der Waals surface area contributed by atoms with Crippen LogP contribution in [0, 0.1) is 12.3 Å². The molecule has 1 heterocycles. The first kappa shape index (κ1) is 15.4. The molecule has 1 fully saturated rings. The summed E-state index contributed by atoms with van der Waals surface area (Å²) in [6.45, 7) is 3.90. The first-order valence-electron chi connectivity index (χ1n) is 6.98. The lowest BCUT2D eigenvalue weighted by atomic mass is 9.73. The van der Waals surface area contributed by atoms with Crippen molar-refractivity contribution in [2.75, 3.05) is 0 Å². The molecule has 0 spiro atoms. The molecule has 1 unspecified atom stereocenters. The number of hydrogen-bond donors (Lipinski definition) is 2. The van der Waals surface area contributed by atoms with Gasteiger partial charge in [0, 0.05) is 11.1 Å². The van der Waals surface area contributed by atoms with E-state index in [0.717, 1.165) is 42.8 Å². The van der Waals surface area contributed by atoms with Crippen molar-refractivity contribution < 1.29 is 4.79 Å². The molecule has 0 bridgehead atoms. The zero-order valence-corrected chi connectivity index (χ0v) is 13.6. The van der Waals surface area contributed by atoms with Crippen LogP contribution in [0.3, 0.4) is 0 Å². The van der Waals surface area contributed by atoms with Gasteiger partial charge in [-0.05, 0) is 26.7 Å². The Kier molecular flexibility index (Phi) is 4.75. The summed E-state index contributed by atoms with van der Waals surface area (Å²) in [4.78, 5) is 17.4. The molecule has 110 valence electrons. The molecule has 2 rings (SSSR count). The Hall–Kier alpha value is -1.01. The smallest absolute Gasteiger partial charge is 0.233 e. The van der Waals surface area contributed by atoms with Gasteiger partial charge in [0.2, 0.25) is 5.91 Å². The number of nitrogens with one attached hydrogen (secondary N) is 1. The third-order valence-electron chi connectivity index (χ3n) is 3.97. The van der Waals surface area contributed by atoms with Gasteiger partial charge in [0.1, 0.15) is 5.01 Å². The number of carbonyl (C=O) groups is 1. The van der Waals surface area contributed by atoms with Crippen molar-refractivity contribution in [1.82, 2.24) is 10.3 Å². The Morgan fingerprint density at radius 1 is 1.50 bits per heavy atom. The molecule has 20 heavy (non-hydrogen) atoms. The van der Waals surface area contributed by atoms with Gasteiger partial charge in [-0.3, -0.25) is 4.79 Å². The van der Waals surface area contributed by atoms with Gasteiger partial charge in [-0.1, -0.05) is 31.5 Å². The third-order valence-corrected chi connectivity index (χ3v) is 5.50. The summed E-state index contributed by atoms with van der Waals surface area (Å²) in [5.74, 6) is -0.0370. The number of nitrogens with two attached hydrogens (primary N) is 1. The summed E-state index contributed by atoms with van der Waals surface area (Å²) in [5, 5.41) is 5.95. The Labute approximate surface area is 129 Å². The van der Waals surface area contributed by atoms with E-state index in [4.69, 9.17) is 18.0 Å². The van der Waals surface area contributed by atoms with E-state index in [1.807, 2.05) is 19.2 Å². The second kappa shape index (κ2) is 6.18. The molecule has 1 saturated carbocycles. The normalized spacial score (nSPS) is 19.3. The summed E-state index contributed by atoms with van der Waals surface area (Å²) < 4.78 is 0. The number of carbonyl (C=O) groups excluding carboxylic acids is 1. The minimum absolute atomic E-state index is 0.0370. The molecule has 6 heteroatoms. The predicted octanol–water partition coefficient (Wildman–Crippen LogP) is 2.87. The van der Waals surface area contributed by atoms with Crippen molar-refractivity contribution in [2.45, 2.75) is 52.0 Å². The third kappa shape index (κ3) is 3.01. The van der Waals surface area contributed by atoms with Crippen molar-refractivity contribution in [3.05, 3.63) is 16.1 Å². The molecule has 4 nitrogen and oxygen atoms in total. The number of thiazole rings is 1. The van der Waals surface area contributed by atoms with Gasteiger partial charge in [-0.25, -0.2) is 4.98 Å². The highest BCUT2D eigenvalue weighted by atomic mass is 32.1. The highest BCUT2D eigenvalue weighted by molar-refractivity contribution is 7.80. The van der Waals surface area contributed by atoms with E-state index >= 15 is 0 Å². The van der Waals surface area contributed by atoms with Gasteiger partial charge in [-0.15, -0.1) is 11.3 Å². The Balaban J connectivity index is 2.11. The summed E-state index contributed by atoms with van der Waals surface area (Å²) in [7, 11) is 0. The van der Waals surface area contributed by atoms with Crippen LogP contribution in [0.4, 0.5) is 0 Å². The largest absolute Gasteiger partial charge is 0.392 e. The van der Waals surface area contributed by atoms with E-state index in [1.165, 1.54) is 0 Å². The number of rotatable bonds is 4. The minimum Gasteiger partial charge on any atom is -0.392 e. The molecule has 1 atom stereocenters. The maximum absolute atomic E-state index is 12.7. The van der Waals surface area contributed by atoms with Gasteiger partial charge in [0.25, 0.3) is 0 Å². The van der Waals surface area contributed by atoms with E-state index in [9.17, 15) is 4.79 Å². The fourth-order valence-electron chi connectivity index (χ4n) is 2.71. The first-order valence-corrected chi connectivity index (χ1v) is 8.27. The van der Waals surface area contributed by atoms with Crippen LogP contribution in [0.2, 0.25) is 0 Å². The van der Waals surface area contributed by atoms with Crippen molar-refractivity contribution in [3.8, 4) is 0 Å². The van der Waals surface area contributed by atoms with Crippen LogP contribution in [0.1, 0.15) is 55.8 Å². The Morgan fingerprint density at radius 2 is 2.15 bits per heavy atom. The van der Waals surface area contributed by atoms with E-state index in [2.05, 4.69) is 10.3 Å². The van der Waals surface area contributed by atoms with E-state index in [-0.39, 0.29) is 11.9 Å². The zero-order valence-electron chi connectivity index (χ0n) is 11.9. The fraction of sp³-hybridized carbons (Fsp3) is 0.643. The lowest BCUT2D eigenvalue weighted by molar-refractivity contribution is -0.129. The molecular formula is C14H21N3OS2. The second-order valence-electron chi connectivity index (χ2n) is 5.53. The highest BCUT2D eigenvalue weighted by Crippen LogP contribution is 2.37. The number of thiocarbonyl (C=S) groups is 1. The van der Waals surface area contributed by atoms with E-state index < -0.39 is 5.41 Å². The second-order valence-corrected chi connectivity index (χ2v) is 6.86. The lowest BCUT2D eigenvalue weighted by Crippen LogP contribution is -2.50. The SMILES string of the molecule is Cc1csc(C(C)NC(=O)C2(C(N)=S)CCCCC2)n1. The molecule has 0 aromatic carbocycles. The number of nitrogens with zero attached hydrogens (tertiary/aromatic N) is 1. The number of aromatic nitrogens is 1. The molecule has 1 aromatic heterocycles. The van der Waals surface area contributed by atoms with Gasteiger partial charge in [0.15, 0.2) is 0 Å². The monoisotopic (exact) mass is 311 g/mol. The molecule has 1 aliphatic carbocycles. The summed E-state index contributed by atoms with van der Waals surface area (Å²) in [6.07, 6.45) is 4.69. The topological polar surface area (TPSA) is 68.0 Å². The summed E-state index contributed by atoms with van der Waals surface area (Å²) in [5.41, 5.74) is 6.20. The predicted molar refractivity (Wildman–Crippen MR) is 85.7 cm³/mol. The van der Waals surface area contributed by atoms with Gasteiger partial charge in [0.05, 0.1) is 16.4 Å². The van der Waals surface area contributed by atoms with Crippen LogP contribution < -0.4 is 11.1 Å². The molecular weight excluding hydrogens is 290 g/mol. The molecule has 0 aliphatic heterocycles. The summed E-state index contributed by atoms with van der Waals surface area (Å²) in [6, 6.07) is -0.102. The van der Waals surface area contributed by atoms with Crippen molar-refractivity contribution in [3.63, 3.8) is 0 Å². The Morgan fingerprint density at radius 3 is 2.65 bits per heavy atom. The number of aryl methyl sites for hydroxylation is 1. The molecule has 0 radical (unpaired) electrons. The quantitative estimate of drug-likeness (QED) is 0.839. The van der Waals surface area contributed by atoms with Crippen molar-refractivity contribution in [2.24, 2.45) is 11.1 Å². The molecule has 0 saturated heterocycles. The van der Waals surface area contributed by atoms with Crippen LogP contribution in [-0.2, 0) is 4.79 Å². The fourth-order valence-corrected chi connectivity index (χ4v) is 3.81. The van der Waals surface area contributed by atoms with E-state index in [1.54, 1.807) is 11.3 Å². The molecule has 1 amide bonds. The van der Waals surface area contributed by atoms with Gasteiger partial charge < -0.3 is 11.1 Å². The summed E-state index contributed by atoms with van der Waals surface area (Å²) >= 11 is 6.75. The van der Waals surface area contributed by atoms with Crippen LogP contribution in [0.15, 0.2) is 5.38 Å². The zero-order chi connectivity index (χ0) is 14.8. The van der Waals surface area contributed by atoms with E-state index in [0.29, 0.717) is 4.99 Å². The molecule has 1 aliphatic rings. The number of hydrogen-bond acceptors (Lipinski definition) is 4. The maximum Gasteiger partial charge on any atom is 0.233 e. The van der Waals surface area contributed by atoms with Crippen molar-refractivity contribution >= 4 is 34.5 Å². The van der Waals surface area contributed by atoms with Crippen LogP contribution in [0.5, 0.6) is 0 Å². The van der Waals surface area contributed by atoms with Crippen molar-refractivity contribution in [1.29, 1.82) is 0 Å². The maximum atomic E-state index is 12.7. The highest BCUT2D eigenvalue weighted by Gasteiger charge is 2.42. The first-order chi connectivity index (χ1) is 9.45. The average molecular weight is 311 g/mol. The Bertz CT molecular complexity index is 506. The molecule has 3 N–H and O–H groups in total. The average Bonchev–Trinajstić information content (AvgIpc) is 2.86. The van der Waals surface area contributed by atoms with Crippen LogP contribution in [0.25, 0.3) is 0 Å². The standard InChI is InChI=1S/C14H21N3OS2/c1-9-8-20-11(16-9)10(2)17-13(18)14(12(15)19)6-4-3-5-7-14/h8,10H,3-7H2,1-2H3,(H2,15,19)(H,17,18). The van der Waals surface area contributed by atoms with Crippen LogP contribution in [-0.4, -0.2) is 15.9 Å². The molecule has 1 aromatic rings. The van der Waals surface area contributed by atoms with Gasteiger partial charge >= 0.3 is 0 Å². The van der Waals surface area contributed by atoms with Gasteiger partial charge in [-0.2, -0.15) is 0 Å². The lowest BCUT2D eigenvalue weighted by Gasteiger charge is -2.35. The minimum atomic E-state index is -0.659.